The van der Waals surface area contributed by atoms with Gasteiger partial charge in [0.2, 0.25) is 0 Å². The van der Waals surface area contributed by atoms with Crippen LogP contribution in [0.15, 0.2) is 35.9 Å². The van der Waals surface area contributed by atoms with Gasteiger partial charge in [-0.3, -0.25) is 14.9 Å². The Balaban J connectivity index is 1.77. The van der Waals surface area contributed by atoms with E-state index in [2.05, 4.69) is 12.2 Å². The lowest BCUT2D eigenvalue weighted by atomic mass is 10.1. The number of carbonyl (C=O) groups is 3. The van der Waals surface area contributed by atoms with Gasteiger partial charge in [-0.15, -0.1) is 0 Å². The predicted molar refractivity (Wildman–Crippen MR) is 141 cm³/mol. The monoisotopic (exact) mass is 536 g/mol. The van der Waals surface area contributed by atoms with E-state index in [0.717, 1.165) is 29.7 Å². The molecular formula is C26H27Cl3N2O4. The maximum absolute atomic E-state index is 13.1. The Morgan fingerprint density at radius 2 is 1.57 bits per heavy atom. The number of benzene rings is 2. The van der Waals surface area contributed by atoms with Crippen molar-refractivity contribution >= 4 is 64.4 Å². The molecule has 0 aromatic heterocycles. The normalized spacial score (nSPS) is 15.1. The van der Waals surface area contributed by atoms with Crippen LogP contribution in [0.3, 0.4) is 0 Å². The van der Waals surface area contributed by atoms with Gasteiger partial charge in [0.05, 0.1) is 22.3 Å². The third kappa shape index (κ3) is 6.78. The van der Waals surface area contributed by atoms with Crippen LogP contribution < -0.4 is 15.0 Å². The zero-order valence-electron chi connectivity index (χ0n) is 19.6. The highest BCUT2D eigenvalue weighted by Gasteiger charge is 2.37. The molecule has 1 N–H and O–H groups in total. The number of amides is 4. The molecule has 4 amide bonds. The summed E-state index contributed by atoms with van der Waals surface area (Å²) in [6, 6.07) is 7.01. The first-order valence-electron chi connectivity index (χ1n) is 11.5. The smallest absolute Gasteiger partial charge is 0.335 e. The molecule has 1 saturated heterocycles. The number of barbiturate groups is 1. The summed E-state index contributed by atoms with van der Waals surface area (Å²) in [5, 5.41) is 3.09. The number of ether oxygens (including phenoxy) is 1. The molecule has 2 aromatic carbocycles. The first kappa shape index (κ1) is 27.1. The van der Waals surface area contributed by atoms with Gasteiger partial charge >= 0.3 is 6.03 Å². The SMILES string of the molecule is CCCCCCCCOc1c(Cl)cc(/C=C2\C(=O)NC(=O)N(c3ccc(C)c(Cl)c3)C2=O)cc1Cl. The number of nitrogens with zero attached hydrogens (tertiary/aromatic N) is 1. The van der Waals surface area contributed by atoms with Crippen LogP contribution >= 0.6 is 34.8 Å². The van der Waals surface area contributed by atoms with Crippen LogP contribution in [-0.4, -0.2) is 24.5 Å². The van der Waals surface area contributed by atoms with E-state index in [9.17, 15) is 14.4 Å². The zero-order valence-corrected chi connectivity index (χ0v) is 21.9. The molecule has 0 radical (unpaired) electrons. The number of hydrogen-bond donors (Lipinski definition) is 1. The number of halogens is 3. The lowest BCUT2D eigenvalue weighted by Gasteiger charge is -2.26. The second-order valence-electron chi connectivity index (χ2n) is 8.32. The number of imide groups is 2. The third-order valence-electron chi connectivity index (χ3n) is 5.59. The second-order valence-corrected chi connectivity index (χ2v) is 9.54. The quantitative estimate of drug-likeness (QED) is 0.195. The molecule has 35 heavy (non-hydrogen) atoms. The Bertz CT molecular complexity index is 1140. The lowest BCUT2D eigenvalue weighted by Crippen LogP contribution is -2.54. The molecule has 0 bridgehead atoms. The number of rotatable bonds is 10. The lowest BCUT2D eigenvalue weighted by molar-refractivity contribution is -0.122. The van der Waals surface area contributed by atoms with Gasteiger partial charge < -0.3 is 4.74 Å². The van der Waals surface area contributed by atoms with Crippen LogP contribution in [0.5, 0.6) is 5.75 Å². The van der Waals surface area contributed by atoms with Crippen LogP contribution in [0.25, 0.3) is 6.08 Å². The fourth-order valence-electron chi connectivity index (χ4n) is 3.64. The molecule has 2 aromatic rings. The van der Waals surface area contributed by atoms with Gasteiger partial charge in [-0.1, -0.05) is 79.9 Å². The van der Waals surface area contributed by atoms with Crippen molar-refractivity contribution in [3.63, 3.8) is 0 Å². The van der Waals surface area contributed by atoms with Gasteiger partial charge in [0.15, 0.2) is 5.75 Å². The number of anilines is 1. The minimum atomic E-state index is -0.855. The molecular weight excluding hydrogens is 511 g/mol. The number of nitrogens with one attached hydrogen (secondary N) is 1. The van der Waals surface area contributed by atoms with Crippen molar-refractivity contribution in [1.29, 1.82) is 0 Å². The number of unbranched alkanes of at least 4 members (excludes halogenated alkanes) is 5. The van der Waals surface area contributed by atoms with Crippen molar-refractivity contribution in [1.82, 2.24) is 5.32 Å². The molecule has 0 spiro atoms. The van der Waals surface area contributed by atoms with Gasteiger partial charge in [0, 0.05) is 5.02 Å². The summed E-state index contributed by atoms with van der Waals surface area (Å²) in [5.74, 6) is -1.24. The Hall–Kier alpha value is -2.54. The minimum Gasteiger partial charge on any atom is -0.490 e. The summed E-state index contributed by atoms with van der Waals surface area (Å²) in [5.41, 5.74) is 1.21. The highest BCUT2D eigenvalue weighted by Crippen LogP contribution is 2.35. The van der Waals surface area contributed by atoms with Crippen molar-refractivity contribution in [2.24, 2.45) is 0 Å². The topological polar surface area (TPSA) is 75.7 Å². The Kier molecular flexibility index (Phi) is 9.61. The average molecular weight is 538 g/mol. The van der Waals surface area contributed by atoms with Gasteiger partial charge in [-0.25, -0.2) is 9.69 Å². The van der Waals surface area contributed by atoms with E-state index in [1.807, 2.05) is 0 Å². The van der Waals surface area contributed by atoms with Crippen molar-refractivity contribution in [3.05, 3.63) is 62.1 Å². The number of aryl methyl sites for hydroxylation is 1. The number of carbonyl (C=O) groups excluding carboxylic acids is 3. The van der Waals surface area contributed by atoms with Gasteiger partial charge in [-0.2, -0.15) is 0 Å². The van der Waals surface area contributed by atoms with Gasteiger partial charge in [-0.05, 0) is 54.8 Å². The molecule has 0 unspecified atom stereocenters. The molecule has 9 heteroatoms. The summed E-state index contributed by atoms with van der Waals surface area (Å²) in [6.45, 7) is 4.47. The largest absolute Gasteiger partial charge is 0.490 e. The Morgan fingerprint density at radius 1 is 0.914 bits per heavy atom. The summed E-state index contributed by atoms with van der Waals surface area (Å²) >= 11 is 18.9. The highest BCUT2D eigenvalue weighted by molar-refractivity contribution is 6.40. The second kappa shape index (κ2) is 12.4. The predicted octanol–water partition coefficient (Wildman–Crippen LogP) is 7.36. The summed E-state index contributed by atoms with van der Waals surface area (Å²) in [7, 11) is 0. The van der Waals surface area contributed by atoms with Gasteiger partial charge in [0.25, 0.3) is 11.8 Å². The maximum atomic E-state index is 13.1. The van der Waals surface area contributed by atoms with Crippen LogP contribution in [0.2, 0.25) is 15.1 Å². The molecule has 186 valence electrons. The zero-order chi connectivity index (χ0) is 25.5. The van der Waals surface area contributed by atoms with Crippen LogP contribution in [0.4, 0.5) is 10.5 Å². The first-order valence-corrected chi connectivity index (χ1v) is 12.7. The van der Waals surface area contributed by atoms with Crippen LogP contribution in [0.1, 0.15) is 56.6 Å². The number of urea groups is 1. The third-order valence-corrected chi connectivity index (χ3v) is 6.56. The minimum absolute atomic E-state index is 0.242. The molecule has 3 rings (SSSR count). The van der Waals surface area contributed by atoms with E-state index in [-0.39, 0.29) is 21.3 Å². The first-order chi connectivity index (χ1) is 16.7. The fraction of sp³-hybridized carbons (Fsp3) is 0.346. The standard InChI is InChI=1S/C26H27Cl3N2O4/c1-3-4-5-6-7-8-11-35-23-21(28)13-17(14-22(23)29)12-19-24(32)30-26(34)31(25(19)33)18-10-9-16(2)20(27)15-18/h9-10,12-15H,3-8,11H2,1-2H3,(H,30,32,34)/b19-12+. The molecule has 0 aliphatic carbocycles. The van der Waals surface area contributed by atoms with Crippen LogP contribution in [0, 0.1) is 6.92 Å². The number of hydrogen-bond acceptors (Lipinski definition) is 4. The van der Waals surface area contributed by atoms with E-state index >= 15 is 0 Å². The fourth-order valence-corrected chi connectivity index (χ4v) is 4.42. The van der Waals surface area contributed by atoms with Crippen molar-refractivity contribution < 1.29 is 19.1 Å². The molecule has 0 saturated carbocycles. The average Bonchev–Trinajstić information content (AvgIpc) is 2.79. The van der Waals surface area contributed by atoms with Crippen molar-refractivity contribution in [2.45, 2.75) is 52.4 Å². The van der Waals surface area contributed by atoms with Crippen LogP contribution in [-0.2, 0) is 9.59 Å². The van der Waals surface area contributed by atoms with E-state index in [1.165, 1.54) is 31.4 Å². The van der Waals surface area contributed by atoms with Gasteiger partial charge in [0.1, 0.15) is 5.57 Å². The summed E-state index contributed by atoms with van der Waals surface area (Å²) in [4.78, 5) is 38.8. The Labute approximate surface area is 220 Å². The summed E-state index contributed by atoms with van der Waals surface area (Å²) < 4.78 is 5.77. The molecule has 1 heterocycles. The van der Waals surface area contributed by atoms with E-state index in [4.69, 9.17) is 39.5 Å². The molecule has 6 nitrogen and oxygen atoms in total. The maximum Gasteiger partial charge on any atom is 0.335 e. The van der Waals surface area contributed by atoms with Crippen molar-refractivity contribution in [2.75, 3.05) is 11.5 Å². The Morgan fingerprint density at radius 3 is 2.23 bits per heavy atom. The molecule has 1 aliphatic rings. The molecule has 1 aliphatic heterocycles. The van der Waals surface area contributed by atoms with E-state index in [0.29, 0.717) is 22.9 Å². The van der Waals surface area contributed by atoms with E-state index < -0.39 is 17.8 Å². The van der Waals surface area contributed by atoms with E-state index in [1.54, 1.807) is 31.2 Å². The highest BCUT2D eigenvalue weighted by atomic mass is 35.5. The summed E-state index contributed by atoms with van der Waals surface area (Å²) in [6.07, 6.45) is 8.11. The molecule has 0 atom stereocenters. The van der Waals surface area contributed by atoms with Crippen molar-refractivity contribution in [3.8, 4) is 5.75 Å². The molecule has 1 fully saturated rings.